The standard InChI is InChI=1S/C21H44N2O6/c1-4-6-8-9-14-23(13-7-5-2)15-12-22-11-10-20(26)29-17-19(25)21(27)18(24)16-28-3/h18-19,21-22,24-25,27H,4-17H2,1-3H3. The van der Waals surface area contributed by atoms with Crippen molar-refractivity contribution < 1.29 is 29.6 Å². The summed E-state index contributed by atoms with van der Waals surface area (Å²) < 4.78 is 9.67. The fraction of sp³-hybridized carbons (Fsp3) is 0.952. The summed E-state index contributed by atoms with van der Waals surface area (Å²) in [5.74, 6) is -0.451. The van der Waals surface area contributed by atoms with Gasteiger partial charge in [-0.3, -0.25) is 4.79 Å². The average Bonchev–Trinajstić information content (AvgIpc) is 2.71. The number of hydrogen-bond donors (Lipinski definition) is 4. The molecule has 0 aliphatic heterocycles. The average molecular weight is 421 g/mol. The van der Waals surface area contributed by atoms with Gasteiger partial charge in [0.2, 0.25) is 0 Å². The molecule has 0 rings (SSSR count). The number of nitrogens with one attached hydrogen (secondary N) is 1. The minimum atomic E-state index is -1.42. The SMILES string of the molecule is CCCCCCN(CCCC)CCNCCC(=O)OCC(O)C(O)C(O)COC. The largest absolute Gasteiger partial charge is 0.463 e. The molecular weight excluding hydrogens is 376 g/mol. The second-order valence-electron chi connectivity index (χ2n) is 7.52. The maximum absolute atomic E-state index is 11.8. The number of carbonyl (C=O) groups excluding carboxylic acids is 1. The van der Waals surface area contributed by atoms with E-state index in [9.17, 15) is 20.1 Å². The van der Waals surface area contributed by atoms with Gasteiger partial charge in [0, 0.05) is 26.7 Å². The quantitative estimate of drug-likeness (QED) is 0.170. The first kappa shape index (κ1) is 28.2. The summed E-state index contributed by atoms with van der Waals surface area (Å²) >= 11 is 0. The lowest BCUT2D eigenvalue weighted by Crippen LogP contribution is -2.42. The molecule has 174 valence electrons. The van der Waals surface area contributed by atoms with Gasteiger partial charge in [0.05, 0.1) is 13.0 Å². The van der Waals surface area contributed by atoms with Gasteiger partial charge in [-0.05, 0) is 25.9 Å². The van der Waals surface area contributed by atoms with Crippen LogP contribution in [0, 0.1) is 0 Å². The van der Waals surface area contributed by atoms with E-state index >= 15 is 0 Å². The molecule has 0 aliphatic rings. The number of nitrogens with zero attached hydrogens (tertiary/aromatic N) is 1. The van der Waals surface area contributed by atoms with E-state index in [1.165, 1.54) is 45.6 Å². The van der Waals surface area contributed by atoms with Gasteiger partial charge in [0.25, 0.3) is 0 Å². The van der Waals surface area contributed by atoms with Crippen molar-refractivity contribution >= 4 is 5.97 Å². The molecule has 0 heterocycles. The number of hydrogen-bond acceptors (Lipinski definition) is 8. The molecule has 4 N–H and O–H groups in total. The Balaban J connectivity index is 3.90. The zero-order valence-corrected chi connectivity index (χ0v) is 18.6. The minimum Gasteiger partial charge on any atom is -0.463 e. The molecule has 0 aliphatic carbocycles. The van der Waals surface area contributed by atoms with E-state index in [1.807, 2.05) is 0 Å². The van der Waals surface area contributed by atoms with Gasteiger partial charge in [0.1, 0.15) is 24.9 Å². The summed E-state index contributed by atoms with van der Waals surface area (Å²) in [6, 6.07) is 0. The van der Waals surface area contributed by atoms with Crippen LogP contribution in [0.25, 0.3) is 0 Å². The van der Waals surface area contributed by atoms with Crippen LogP contribution in [0.15, 0.2) is 0 Å². The molecule has 0 aromatic carbocycles. The van der Waals surface area contributed by atoms with E-state index in [2.05, 4.69) is 24.1 Å². The lowest BCUT2D eigenvalue weighted by molar-refractivity contribution is -0.152. The molecular formula is C21H44N2O6. The predicted octanol–water partition coefficient (Wildman–Crippen LogP) is 0.921. The maximum atomic E-state index is 11.8. The number of aliphatic hydroxyl groups excluding tert-OH is 3. The highest BCUT2D eigenvalue weighted by atomic mass is 16.5. The van der Waals surface area contributed by atoms with Crippen LogP contribution in [-0.4, -0.2) is 97.5 Å². The minimum absolute atomic E-state index is 0.107. The van der Waals surface area contributed by atoms with Crippen molar-refractivity contribution in [3.05, 3.63) is 0 Å². The molecule has 0 spiro atoms. The summed E-state index contributed by atoms with van der Waals surface area (Å²) in [6.07, 6.45) is 3.63. The van der Waals surface area contributed by atoms with Crippen molar-refractivity contribution in [2.45, 2.75) is 77.1 Å². The zero-order chi connectivity index (χ0) is 21.9. The summed E-state index contributed by atoms with van der Waals surface area (Å²) in [7, 11) is 1.38. The third-order valence-corrected chi connectivity index (χ3v) is 4.81. The van der Waals surface area contributed by atoms with Crippen LogP contribution in [0.5, 0.6) is 0 Å². The van der Waals surface area contributed by atoms with E-state index in [4.69, 9.17) is 9.47 Å². The summed E-state index contributed by atoms with van der Waals surface area (Å²) in [6.45, 7) is 8.47. The summed E-state index contributed by atoms with van der Waals surface area (Å²) in [5.41, 5.74) is 0. The van der Waals surface area contributed by atoms with Crippen LogP contribution in [0.3, 0.4) is 0 Å². The lowest BCUT2D eigenvalue weighted by Gasteiger charge is -2.22. The summed E-state index contributed by atoms with van der Waals surface area (Å²) in [4.78, 5) is 14.2. The van der Waals surface area contributed by atoms with Gasteiger partial charge in [-0.25, -0.2) is 0 Å². The monoisotopic (exact) mass is 420 g/mol. The Kier molecular flexibility index (Phi) is 18.7. The molecule has 0 amide bonds. The lowest BCUT2D eigenvalue weighted by atomic mass is 10.1. The topological polar surface area (TPSA) is 111 Å². The number of ether oxygens (including phenoxy) is 2. The molecule has 0 radical (unpaired) electrons. The van der Waals surface area contributed by atoms with E-state index in [-0.39, 0.29) is 19.6 Å². The molecule has 8 nitrogen and oxygen atoms in total. The Morgan fingerprint density at radius 1 is 0.897 bits per heavy atom. The molecule has 0 fully saturated rings. The van der Waals surface area contributed by atoms with Crippen LogP contribution in [0.2, 0.25) is 0 Å². The highest BCUT2D eigenvalue weighted by Crippen LogP contribution is 2.04. The molecule has 0 saturated heterocycles. The number of esters is 1. The Morgan fingerprint density at radius 3 is 2.21 bits per heavy atom. The maximum Gasteiger partial charge on any atom is 0.307 e. The van der Waals surface area contributed by atoms with Crippen molar-refractivity contribution in [3.63, 3.8) is 0 Å². The highest BCUT2D eigenvalue weighted by Gasteiger charge is 2.25. The molecule has 0 aromatic rings. The number of methoxy groups -OCH3 is 1. The van der Waals surface area contributed by atoms with Crippen molar-refractivity contribution in [2.24, 2.45) is 0 Å². The van der Waals surface area contributed by atoms with Gasteiger partial charge in [-0.15, -0.1) is 0 Å². The Labute approximate surface area is 176 Å². The van der Waals surface area contributed by atoms with Crippen LogP contribution in [0.4, 0.5) is 0 Å². The smallest absolute Gasteiger partial charge is 0.307 e. The number of rotatable bonds is 20. The van der Waals surface area contributed by atoms with Crippen molar-refractivity contribution in [3.8, 4) is 0 Å². The third-order valence-electron chi connectivity index (χ3n) is 4.81. The van der Waals surface area contributed by atoms with Crippen LogP contribution in [-0.2, 0) is 14.3 Å². The Morgan fingerprint density at radius 2 is 1.55 bits per heavy atom. The van der Waals surface area contributed by atoms with Crippen molar-refractivity contribution in [1.29, 1.82) is 0 Å². The number of unbranched alkanes of at least 4 members (excludes halogenated alkanes) is 4. The number of carbonyl (C=O) groups is 1. The van der Waals surface area contributed by atoms with Crippen LogP contribution < -0.4 is 5.32 Å². The van der Waals surface area contributed by atoms with Gasteiger partial charge in [0.15, 0.2) is 0 Å². The number of aliphatic hydroxyl groups is 3. The predicted molar refractivity (Wildman–Crippen MR) is 114 cm³/mol. The fourth-order valence-electron chi connectivity index (χ4n) is 2.91. The first-order valence-electron chi connectivity index (χ1n) is 11.1. The molecule has 0 bridgehead atoms. The van der Waals surface area contributed by atoms with Gasteiger partial charge < -0.3 is 35.0 Å². The molecule has 0 aromatic heterocycles. The zero-order valence-electron chi connectivity index (χ0n) is 18.6. The first-order valence-corrected chi connectivity index (χ1v) is 11.1. The van der Waals surface area contributed by atoms with Crippen molar-refractivity contribution in [1.82, 2.24) is 10.2 Å². The van der Waals surface area contributed by atoms with Gasteiger partial charge in [-0.1, -0.05) is 39.5 Å². The second kappa shape index (κ2) is 19.2. The van der Waals surface area contributed by atoms with Crippen LogP contribution in [0.1, 0.15) is 58.8 Å². The Bertz CT molecular complexity index is 386. The van der Waals surface area contributed by atoms with Crippen LogP contribution >= 0.6 is 0 Å². The van der Waals surface area contributed by atoms with E-state index in [0.717, 1.165) is 26.2 Å². The van der Waals surface area contributed by atoms with Gasteiger partial charge >= 0.3 is 5.97 Å². The third kappa shape index (κ3) is 15.7. The highest BCUT2D eigenvalue weighted by molar-refractivity contribution is 5.69. The fourth-order valence-corrected chi connectivity index (χ4v) is 2.91. The molecule has 29 heavy (non-hydrogen) atoms. The second-order valence-corrected chi connectivity index (χ2v) is 7.52. The molecule has 0 saturated carbocycles. The summed E-state index contributed by atoms with van der Waals surface area (Å²) in [5, 5.41) is 32.2. The normalized spacial score (nSPS) is 14.7. The molecule has 3 atom stereocenters. The molecule has 3 unspecified atom stereocenters. The molecule has 8 heteroatoms. The van der Waals surface area contributed by atoms with E-state index in [1.54, 1.807) is 0 Å². The van der Waals surface area contributed by atoms with E-state index < -0.39 is 24.3 Å². The van der Waals surface area contributed by atoms with E-state index in [0.29, 0.717) is 6.54 Å². The Hall–Kier alpha value is -0.770. The van der Waals surface area contributed by atoms with Gasteiger partial charge in [-0.2, -0.15) is 0 Å². The van der Waals surface area contributed by atoms with Crippen molar-refractivity contribution in [2.75, 3.05) is 53.0 Å². The first-order chi connectivity index (χ1) is 14.0.